The van der Waals surface area contributed by atoms with Gasteiger partial charge in [0, 0.05) is 19.2 Å². The number of furan rings is 1. The highest BCUT2D eigenvalue weighted by atomic mass is 32.2. The summed E-state index contributed by atoms with van der Waals surface area (Å²) in [7, 11) is -2.26. The molecule has 0 atom stereocenters. The molecular formula is C26H26FN3O5S. The summed E-state index contributed by atoms with van der Waals surface area (Å²) in [5.41, 5.74) is 1.45. The summed E-state index contributed by atoms with van der Waals surface area (Å²) in [6.07, 6.45) is 2.97. The molecule has 4 aromatic rings. The fourth-order valence-corrected chi connectivity index (χ4v) is 5.33. The number of imidazole rings is 1. The van der Waals surface area contributed by atoms with Crippen molar-refractivity contribution < 1.29 is 26.8 Å². The second-order valence-electron chi connectivity index (χ2n) is 8.17. The number of sulfone groups is 1. The minimum atomic E-state index is -3.78. The zero-order valence-electron chi connectivity index (χ0n) is 19.7. The van der Waals surface area contributed by atoms with Crippen LogP contribution in [0, 0.1) is 5.82 Å². The quantitative estimate of drug-likeness (QED) is 0.301. The van der Waals surface area contributed by atoms with Gasteiger partial charge in [-0.1, -0.05) is 30.3 Å². The van der Waals surface area contributed by atoms with Crippen molar-refractivity contribution in [3.63, 3.8) is 0 Å². The summed E-state index contributed by atoms with van der Waals surface area (Å²) in [6.45, 7) is 0.662. The predicted octanol–water partition coefficient (Wildman–Crippen LogP) is 4.08. The van der Waals surface area contributed by atoms with E-state index in [0.29, 0.717) is 22.6 Å². The summed E-state index contributed by atoms with van der Waals surface area (Å²) in [5, 5.41) is -0.0921. The third-order valence-electron chi connectivity index (χ3n) is 5.56. The van der Waals surface area contributed by atoms with Crippen LogP contribution >= 0.6 is 0 Å². The second-order valence-corrected chi connectivity index (χ2v) is 10.1. The average Bonchev–Trinajstić information content (AvgIpc) is 3.53. The lowest BCUT2D eigenvalue weighted by Gasteiger charge is -2.23. The van der Waals surface area contributed by atoms with Crippen LogP contribution in [0.25, 0.3) is 0 Å². The molecule has 1 amide bonds. The molecule has 2 aromatic carbocycles. The summed E-state index contributed by atoms with van der Waals surface area (Å²) in [4.78, 5) is 19.1. The van der Waals surface area contributed by atoms with E-state index in [1.54, 1.807) is 41.0 Å². The monoisotopic (exact) mass is 511 g/mol. The number of carbonyl (C=O) groups excluding carboxylic acids is 1. The Bertz CT molecular complexity index is 1390. The average molecular weight is 512 g/mol. The van der Waals surface area contributed by atoms with Crippen LogP contribution in [0.4, 0.5) is 4.39 Å². The minimum Gasteiger partial charge on any atom is -0.467 e. The highest BCUT2D eigenvalue weighted by Crippen LogP contribution is 2.21. The fourth-order valence-electron chi connectivity index (χ4n) is 3.81. The SMILES string of the molecule is COCCn1c(CN(Cc2ccco2)C(=O)c2ccc(F)cc2)cnc1S(=O)(=O)Cc1ccccc1. The van der Waals surface area contributed by atoms with Gasteiger partial charge in [-0.25, -0.2) is 17.8 Å². The minimum absolute atomic E-state index is 0.0501. The van der Waals surface area contributed by atoms with Crippen LogP contribution < -0.4 is 0 Å². The Morgan fingerprint density at radius 1 is 1.06 bits per heavy atom. The molecule has 0 aliphatic rings. The van der Waals surface area contributed by atoms with E-state index in [1.165, 1.54) is 48.7 Å². The maximum Gasteiger partial charge on any atom is 0.254 e. The van der Waals surface area contributed by atoms with E-state index in [9.17, 15) is 17.6 Å². The molecule has 0 aliphatic heterocycles. The third kappa shape index (κ3) is 6.07. The van der Waals surface area contributed by atoms with Gasteiger partial charge in [0.15, 0.2) is 0 Å². The number of nitrogens with zero attached hydrogens (tertiary/aromatic N) is 3. The van der Waals surface area contributed by atoms with Crippen molar-refractivity contribution in [2.24, 2.45) is 0 Å². The molecule has 8 nitrogen and oxygen atoms in total. The topological polar surface area (TPSA) is 94.6 Å². The van der Waals surface area contributed by atoms with Crippen LogP contribution in [-0.2, 0) is 40.0 Å². The molecule has 2 heterocycles. The molecule has 36 heavy (non-hydrogen) atoms. The number of halogens is 1. The Labute approximate surface area is 208 Å². The molecule has 0 spiro atoms. The van der Waals surface area contributed by atoms with Gasteiger partial charge in [-0.2, -0.15) is 0 Å². The molecule has 0 aliphatic carbocycles. The van der Waals surface area contributed by atoms with E-state index in [4.69, 9.17) is 9.15 Å². The first-order chi connectivity index (χ1) is 17.4. The van der Waals surface area contributed by atoms with Crippen LogP contribution in [-0.4, -0.2) is 42.5 Å². The summed E-state index contributed by atoms with van der Waals surface area (Å²) >= 11 is 0. The Balaban J connectivity index is 1.67. The number of ether oxygens (including phenoxy) is 1. The zero-order valence-corrected chi connectivity index (χ0v) is 20.5. The Hall–Kier alpha value is -3.76. The number of hydrogen-bond donors (Lipinski definition) is 0. The molecule has 2 aromatic heterocycles. The number of benzene rings is 2. The first-order valence-electron chi connectivity index (χ1n) is 11.2. The van der Waals surface area contributed by atoms with E-state index in [2.05, 4.69) is 4.98 Å². The first-order valence-corrected chi connectivity index (χ1v) is 12.9. The van der Waals surface area contributed by atoms with Gasteiger partial charge in [0.25, 0.3) is 5.91 Å². The predicted molar refractivity (Wildman–Crippen MR) is 130 cm³/mol. The molecule has 0 saturated carbocycles. The maximum atomic E-state index is 13.4. The molecule has 4 rings (SSSR count). The van der Waals surface area contributed by atoms with Crippen LogP contribution in [0.2, 0.25) is 0 Å². The van der Waals surface area contributed by atoms with Crippen molar-refractivity contribution in [3.8, 4) is 0 Å². The van der Waals surface area contributed by atoms with Gasteiger partial charge in [0.1, 0.15) is 11.6 Å². The summed E-state index contributed by atoms with van der Waals surface area (Å²) in [5.74, 6) is -0.470. The van der Waals surface area contributed by atoms with Gasteiger partial charge in [-0.15, -0.1) is 0 Å². The second kappa shape index (κ2) is 11.3. The molecular weight excluding hydrogens is 485 g/mol. The Morgan fingerprint density at radius 3 is 2.47 bits per heavy atom. The standard InChI is InChI=1S/C26H26FN3O5S/c1-34-15-13-30-23(16-28-26(30)36(32,33)19-20-6-3-2-4-7-20)17-29(18-24-8-5-14-35-24)25(31)21-9-11-22(27)12-10-21/h2-12,14,16H,13,15,17-19H2,1H3. The lowest BCUT2D eigenvalue weighted by Crippen LogP contribution is -2.31. The molecule has 10 heteroatoms. The van der Waals surface area contributed by atoms with Crippen LogP contribution in [0.15, 0.2) is 88.8 Å². The molecule has 0 radical (unpaired) electrons. The lowest BCUT2D eigenvalue weighted by atomic mass is 10.2. The molecule has 0 saturated heterocycles. The number of rotatable bonds is 11. The molecule has 0 bridgehead atoms. The Morgan fingerprint density at radius 2 is 1.81 bits per heavy atom. The van der Waals surface area contributed by atoms with Gasteiger partial charge in [0.05, 0.1) is 43.6 Å². The Kier molecular flexibility index (Phi) is 7.97. The summed E-state index contributed by atoms with van der Waals surface area (Å²) in [6, 6.07) is 17.6. The van der Waals surface area contributed by atoms with Crippen LogP contribution in [0.3, 0.4) is 0 Å². The van der Waals surface area contributed by atoms with E-state index < -0.39 is 15.7 Å². The van der Waals surface area contributed by atoms with E-state index >= 15 is 0 Å². The molecule has 0 N–H and O–H groups in total. The molecule has 0 fully saturated rings. The van der Waals surface area contributed by atoms with E-state index in [-0.39, 0.29) is 43.1 Å². The third-order valence-corrected chi connectivity index (χ3v) is 7.15. The highest BCUT2D eigenvalue weighted by Gasteiger charge is 2.26. The van der Waals surface area contributed by atoms with Crippen LogP contribution in [0.1, 0.15) is 27.4 Å². The lowest BCUT2D eigenvalue weighted by molar-refractivity contribution is 0.0712. The maximum absolute atomic E-state index is 13.4. The zero-order chi connectivity index (χ0) is 25.5. The fraction of sp³-hybridized carbons (Fsp3) is 0.231. The van der Waals surface area contributed by atoms with Crippen molar-refractivity contribution in [1.82, 2.24) is 14.5 Å². The van der Waals surface area contributed by atoms with Crippen molar-refractivity contribution in [2.75, 3.05) is 13.7 Å². The number of methoxy groups -OCH3 is 1. The van der Waals surface area contributed by atoms with Gasteiger partial charge >= 0.3 is 0 Å². The van der Waals surface area contributed by atoms with Gasteiger partial charge in [-0.3, -0.25) is 4.79 Å². The number of hydrogen-bond acceptors (Lipinski definition) is 6. The van der Waals surface area contributed by atoms with Crippen molar-refractivity contribution in [2.45, 2.75) is 30.5 Å². The van der Waals surface area contributed by atoms with Crippen molar-refractivity contribution >= 4 is 15.7 Å². The molecule has 0 unspecified atom stereocenters. The van der Waals surface area contributed by atoms with Gasteiger partial charge in [-0.05, 0) is 42.0 Å². The highest BCUT2D eigenvalue weighted by molar-refractivity contribution is 7.90. The van der Waals surface area contributed by atoms with Gasteiger partial charge in [0.2, 0.25) is 15.0 Å². The number of aromatic nitrogens is 2. The summed E-state index contributed by atoms with van der Waals surface area (Å²) < 4.78 is 52.2. The number of amides is 1. The molecule has 188 valence electrons. The van der Waals surface area contributed by atoms with Gasteiger partial charge < -0.3 is 18.6 Å². The smallest absolute Gasteiger partial charge is 0.254 e. The van der Waals surface area contributed by atoms with Crippen molar-refractivity contribution in [1.29, 1.82) is 0 Å². The normalized spacial score (nSPS) is 11.5. The van der Waals surface area contributed by atoms with Crippen molar-refractivity contribution in [3.05, 3.63) is 108 Å². The van der Waals surface area contributed by atoms with E-state index in [1.807, 2.05) is 6.07 Å². The van der Waals surface area contributed by atoms with Crippen LogP contribution in [0.5, 0.6) is 0 Å². The number of carbonyl (C=O) groups is 1. The first kappa shape index (κ1) is 25.3. The largest absolute Gasteiger partial charge is 0.467 e. The van der Waals surface area contributed by atoms with E-state index in [0.717, 1.165) is 0 Å².